The van der Waals surface area contributed by atoms with E-state index in [2.05, 4.69) is 46.6 Å². The lowest BCUT2D eigenvalue weighted by Crippen LogP contribution is -2.38. The van der Waals surface area contributed by atoms with E-state index in [4.69, 9.17) is 0 Å². The van der Waals surface area contributed by atoms with Gasteiger partial charge in [-0.3, -0.25) is 9.69 Å². The van der Waals surface area contributed by atoms with Gasteiger partial charge in [0.15, 0.2) is 0 Å². The number of carbonyl (C=O) groups excluding carboxylic acids is 1. The molecule has 0 radical (unpaired) electrons. The molecule has 1 aliphatic heterocycles. The van der Waals surface area contributed by atoms with Crippen LogP contribution in [-0.4, -0.2) is 47.9 Å². The Hall–Kier alpha value is -2.33. The molecule has 4 nitrogen and oxygen atoms in total. The molecule has 2 aromatic rings. The number of nitrogens with one attached hydrogen (secondary N) is 1. The van der Waals surface area contributed by atoms with Crippen LogP contribution >= 0.6 is 0 Å². The van der Waals surface area contributed by atoms with Gasteiger partial charge in [0.2, 0.25) is 0 Å². The Morgan fingerprint density at radius 1 is 1.04 bits per heavy atom. The molecule has 2 aromatic carbocycles. The minimum Gasteiger partial charge on any atom is -0.382 e. The SMILES string of the molecule is CCN(CC)C(=O)c1cccc(NC2CCN(Cc3ccccc3)CC2)c1. The molecule has 4 heteroatoms. The first-order chi connectivity index (χ1) is 13.2. The van der Waals surface area contributed by atoms with Gasteiger partial charge in [0.05, 0.1) is 0 Å². The monoisotopic (exact) mass is 365 g/mol. The molecule has 1 aliphatic rings. The average Bonchev–Trinajstić information content (AvgIpc) is 2.71. The summed E-state index contributed by atoms with van der Waals surface area (Å²) in [5, 5.41) is 3.64. The second-order valence-electron chi connectivity index (χ2n) is 7.24. The van der Waals surface area contributed by atoms with Gasteiger partial charge in [0.25, 0.3) is 5.91 Å². The average molecular weight is 366 g/mol. The van der Waals surface area contributed by atoms with Crippen LogP contribution < -0.4 is 5.32 Å². The normalized spacial score (nSPS) is 15.5. The third kappa shape index (κ3) is 5.33. The zero-order chi connectivity index (χ0) is 19.1. The third-order valence-electron chi connectivity index (χ3n) is 5.37. The topological polar surface area (TPSA) is 35.6 Å². The van der Waals surface area contributed by atoms with Gasteiger partial charge < -0.3 is 10.2 Å². The van der Waals surface area contributed by atoms with Crippen molar-refractivity contribution in [2.24, 2.45) is 0 Å². The fourth-order valence-corrected chi connectivity index (χ4v) is 3.75. The van der Waals surface area contributed by atoms with Gasteiger partial charge in [-0.15, -0.1) is 0 Å². The predicted molar refractivity (Wildman–Crippen MR) is 112 cm³/mol. The molecule has 27 heavy (non-hydrogen) atoms. The second-order valence-corrected chi connectivity index (χ2v) is 7.24. The maximum Gasteiger partial charge on any atom is 0.253 e. The summed E-state index contributed by atoms with van der Waals surface area (Å²) in [6, 6.07) is 19.1. The van der Waals surface area contributed by atoms with Gasteiger partial charge in [0, 0.05) is 50.0 Å². The molecule has 0 unspecified atom stereocenters. The van der Waals surface area contributed by atoms with Crippen LogP contribution in [0.15, 0.2) is 54.6 Å². The summed E-state index contributed by atoms with van der Waals surface area (Å²) < 4.78 is 0. The molecule has 0 saturated carbocycles. The lowest BCUT2D eigenvalue weighted by molar-refractivity contribution is 0.0773. The van der Waals surface area contributed by atoms with E-state index in [9.17, 15) is 4.79 Å². The summed E-state index contributed by atoms with van der Waals surface area (Å²) in [6.07, 6.45) is 2.25. The van der Waals surface area contributed by atoms with Crippen LogP contribution in [0.1, 0.15) is 42.6 Å². The van der Waals surface area contributed by atoms with Gasteiger partial charge in [-0.05, 0) is 50.5 Å². The predicted octanol–water partition coefficient (Wildman–Crippen LogP) is 4.25. The number of hydrogen-bond acceptors (Lipinski definition) is 3. The van der Waals surface area contributed by atoms with Crippen molar-refractivity contribution >= 4 is 11.6 Å². The maximum absolute atomic E-state index is 12.6. The lowest BCUT2D eigenvalue weighted by atomic mass is 10.0. The van der Waals surface area contributed by atoms with Gasteiger partial charge in [-0.1, -0.05) is 36.4 Å². The van der Waals surface area contributed by atoms with Crippen molar-refractivity contribution in [3.05, 3.63) is 65.7 Å². The molecule has 0 bridgehead atoms. The van der Waals surface area contributed by atoms with E-state index < -0.39 is 0 Å². The molecule has 1 heterocycles. The molecular formula is C23H31N3O. The molecule has 0 atom stereocenters. The highest BCUT2D eigenvalue weighted by atomic mass is 16.2. The number of likely N-dealkylation sites (tertiary alicyclic amines) is 1. The van der Waals surface area contributed by atoms with Crippen LogP contribution in [0.3, 0.4) is 0 Å². The van der Waals surface area contributed by atoms with Crippen molar-refractivity contribution in [3.63, 3.8) is 0 Å². The number of piperidine rings is 1. The van der Waals surface area contributed by atoms with Crippen molar-refractivity contribution in [1.82, 2.24) is 9.80 Å². The summed E-state index contributed by atoms with van der Waals surface area (Å²) in [6.45, 7) is 8.76. The minimum absolute atomic E-state index is 0.112. The lowest BCUT2D eigenvalue weighted by Gasteiger charge is -2.33. The van der Waals surface area contributed by atoms with Crippen LogP contribution in [0.2, 0.25) is 0 Å². The van der Waals surface area contributed by atoms with Crippen molar-refractivity contribution in [2.75, 3.05) is 31.5 Å². The van der Waals surface area contributed by atoms with E-state index in [1.165, 1.54) is 5.56 Å². The van der Waals surface area contributed by atoms with Crippen LogP contribution in [0, 0.1) is 0 Å². The van der Waals surface area contributed by atoms with E-state index in [1.807, 2.05) is 36.9 Å². The molecule has 0 spiro atoms. The van der Waals surface area contributed by atoms with Crippen LogP contribution in [0.25, 0.3) is 0 Å². The number of anilines is 1. The van der Waals surface area contributed by atoms with E-state index in [-0.39, 0.29) is 5.91 Å². The fourth-order valence-electron chi connectivity index (χ4n) is 3.75. The Labute approximate surface area is 163 Å². The molecule has 1 amide bonds. The van der Waals surface area contributed by atoms with E-state index in [1.54, 1.807) is 0 Å². The van der Waals surface area contributed by atoms with E-state index in [0.717, 1.165) is 56.8 Å². The quantitative estimate of drug-likeness (QED) is 0.797. The fraction of sp³-hybridized carbons (Fsp3) is 0.435. The molecule has 144 valence electrons. The van der Waals surface area contributed by atoms with Crippen molar-refractivity contribution in [2.45, 2.75) is 39.3 Å². The number of amides is 1. The van der Waals surface area contributed by atoms with E-state index >= 15 is 0 Å². The molecule has 0 aliphatic carbocycles. The number of carbonyl (C=O) groups is 1. The minimum atomic E-state index is 0.112. The van der Waals surface area contributed by atoms with E-state index in [0.29, 0.717) is 6.04 Å². The summed E-state index contributed by atoms with van der Waals surface area (Å²) in [5.74, 6) is 0.112. The first-order valence-electron chi connectivity index (χ1n) is 10.1. The first kappa shape index (κ1) is 19.4. The Morgan fingerprint density at radius 2 is 1.74 bits per heavy atom. The number of benzene rings is 2. The second kappa shape index (κ2) is 9.56. The zero-order valence-electron chi connectivity index (χ0n) is 16.5. The van der Waals surface area contributed by atoms with Gasteiger partial charge in [-0.25, -0.2) is 0 Å². The smallest absolute Gasteiger partial charge is 0.253 e. The largest absolute Gasteiger partial charge is 0.382 e. The molecule has 0 aromatic heterocycles. The summed E-state index contributed by atoms with van der Waals surface area (Å²) in [4.78, 5) is 16.9. The van der Waals surface area contributed by atoms with Crippen molar-refractivity contribution in [1.29, 1.82) is 0 Å². The van der Waals surface area contributed by atoms with Crippen molar-refractivity contribution < 1.29 is 4.79 Å². The third-order valence-corrected chi connectivity index (χ3v) is 5.37. The highest BCUT2D eigenvalue weighted by molar-refractivity contribution is 5.95. The Morgan fingerprint density at radius 3 is 2.41 bits per heavy atom. The van der Waals surface area contributed by atoms with Crippen molar-refractivity contribution in [3.8, 4) is 0 Å². The number of rotatable bonds is 7. The van der Waals surface area contributed by atoms with Crippen LogP contribution in [0.5, 0.6) is 0 Å². The van der Waals surface area contributed by atoms with Gasteiger partial charge in [0.1, 0.15) is 0 Å². The summed E-state index contributed by atoms with van der Waals surface area (Å²) in [5.41, 5.74) is 3.20. The molecule has 1 fully saturated rings. The highest BCUT2D eigenvalue weighted by Crippen LogP contribution is 2.20. The molecule has 1 N–H and O–H groups in total. The summed E-state index contributed by atoms with van der Waals surface area (Å²) in [7, 11) is 0. The van der Waals surface area contributed by atoms with Crippen LogP contribution in [0.4, 0.5) is 5.69 Å². The Kier molecular flexibility index (Phi) is 6.88. The first-order valence-corrected chi connectivity index (χ1v) is 10.1. The Bertz CT molecular complexity index is 719. The molecule has 1 saturated heterocycles. The molecule has 3 rings (SSSR count). The maximum atomic E-state index is 12.6. The Balaban J connectivity index is 1.53. The van der Waals surface area contributed by atoms with Crippen LogP contribution in [-0.2, 0) is 6.54 Å². The summed E-state index contributed by atoms with van der Waals surface area (Å²) >= 11 is 0. The molecular weight excluding hydrogens is 334 g/mol. The zero-order valence-corrected chi connectivity index (χ0v) is 16.5. The highest BCUT2D eigenvalue weighted by Gasteiger charge is 2.19. The van der Waals surface area contributed by atoms with Gasteiger partial charge in [-0.2, -0.15) is 0 Å². The number of hydrogen-bond donors (Lipinski definition) is 1. The standard InChI is InChI=1S/C23H31N3O/c1-3-26(4-2)23(27)20-11-8-12-22(17-20)24-21-13-15-25(16-14-21)18-19-9-6-5-7-10-19/h5-12,17,21,24H,3-4,13-16,18H2,1-2H3. The van der Waals surface area contributed by atoms with Gasteiger partial charge >= 0.3 is 0 Å². The number of nitrogens with zero attached hydrogens (tertiary/aromatic N) is 2.